The molecule has 0 aliphatic heterocycles. The number of hydrogen-bond acceptors (Lipinski definition) is 3. The average Bonchev–Trinajstić information content (AvgIpc) is 2.73. The fraction of sp³-hybridized carbons (Fsp3) is 0.391. The quantitative estimate of drug-likeness (QED) is 0.525. The lowest BCUT2D eigenvalue weighted by Gasteiger charge is -2.29. The topological polar surface area (TPSA) is 58.6 Å². The average molecular weight is 496 g/mol. The van der Waals surface area contributed by atoms with Crippen LogP contribution < -0.4 is 10.1 Å². The van der Waals surface area contributed by atoms with E-state index in [0.29, 0.717) is 10.8 Å². The van der Waals surface area contributed by atoms with Crippen LogP contribution in [0.25, 0.3) is 0 Å². The highest BCUT2D eigenvalue weighted by Crippen LogP contribution is 2.22. The first-order chi connectivity index (χ1) is 14.2. The highest BCUT2D eigenvalue weighted by Gasteiger charge is 2.27. The van der Waals surface area contributed by atoms with Crippen LogP contribution in [0.5, 0.6) is 5.75 Å². The van der Waals surface area contributed by atoms with Gasteiger partial charge in [-0.1, -0.05) is 46.6 Å². The maximum absolute atomic E-state index is 13.0. The molecule has 2 aromatic carbocycles. The van der Waals surface area contributed by atoms with Gasteiger partial charge in [-0.2, -0.15) is 0 Å². The minimum atomic E-state index is -0.641. The van der Waals surface area contributed by atoms with Gasteiger partial charge in [0.1, 0.15) is 11.8 Å². The number of amides is 2. The molecule has 0 bridgehead atoms. The van der Waals surface area contributed by atoms with Crippen molar-refractivity contribution in [2.75, 3.05) is 6.61 Å². The Morgan fingerprint density at radius 1 is 1.17 bits per heavy atom. The van der Waals surface area contributed by atoms with Crippen molar-refractivity contribution in [3.8, 4) is 5.75 Å². The van der Waals surface area contributed by atoms with Gasteiger partial charge in [0.25, 0.3) is 5.91 Å². The van der Waals surface area contributed by atoms with Gasteiger partial charge in [0.15, 0.2) is 6.61 Å². The molecule has 0 aliphatic carbocycles. The zero-order chi connectivity index (χ0) is 22.3. The summed E-state index contributed by atoms with van der Waals surface area (Å²) in [5.41, 5.74) is 1.90. The Bertz CT molecular complexity index is 873. The molecular weight excluding hydrogens is 468 g/mol. The van der Waals surface area contributed by atoms with Crippen LogP contribution in [-0.2, 0) is 16.1 Å². The number of nitrogens with one attached hydrogen (secondary N) is 1. The summed E-state index contributed by atoms with van der Waals surface area (Å²) in [7, 11) is 0. The van der Waals surface area contributed by atoms with Gasteiger partial charge in [-0.05, 0) is 68.7 Å². The van der Waals surface area contributed by atoms with E-state index in [4.69, 9.17) is 16.3 Å². The minimum absolute atomic E-state index is 0.0365. The third kappa shape index (κ3) is 7.03. The number of aryl methyl sites for hydroxylation is 1. The highest BCUT2D eigenvalue weighted by atomic mass is 79.9. The van der Waals surface area contributed by atoms with Crippen LogP contribution in [0.2, 0.25) is 5.02 Å². The zero-order valence-electron chi connectivity index (χ0n) is 17.7. The van der Waals surface area contributed by atoms with Gasteiger partial charge in [-0.15, -0.1) is 0 Å². The maximum atomic E-state index is 13.0. The Hall–Kier alpha value is -2.05. The van der Waals surface area contributed by atoms with Gasteiger partial charge < -0.3 is 15.0 Å². The lowest BCUT2D eigenvalue weighted by Crippen LogP contribution is -2.50. The maximum Gasteiger partial charge on any atom is 0.261 e. The monoisotopic (exact) mass is 494 g/mol. The van der Waals surface area contributed by atoms with Gasteiger partial charge in [0.05, 0.1) is 0 Å². The molecule has 5 nitrogen and oxygen atoms in total. The second-order valence-electron chi connectivity index (χ2n) is 7.34. The zero-order valence-corrected chi connectivity index (χ0v) is 20.1. The fourth-order valence-electron chi connectivity index (χ4n) is 2.77. The number of hydrogen-bond donors (Lipinski definition) is 1. The molecule has 1 N–H and O–H groups in total. The van der Waals surface area contributed by atoms with E-state index >= 15 is 0 Å². The number of benzene rings is 2. The van der Waals surface area contributed by atoms with Gasteiger partial charge in [-0.3, -0.25) is 9.59 Å². The Balaban J connectivity index is 2.15. The fourth-order valence-corrected chi connectivity index (χ4v) is 3.14. The van der Waals surface area contributed by atoms with E-state index in [1.165, 1.54) is 4.90 Å². The first-order valence-corrected chi connectivity index (χ1v) is 11.1. The largest absolute Gasteiger partial charge is 0.484 e. The summed E-state index contributed by atoms with van der Waals surface area (Å²) in [6.45, 7) is 7.75. The summed E-state index contributed by atoms with van der Waals surface area (Å²) in [5.74, 6) is 0.149. The van der Waals surface area contributed by atoms with Gasteiger partial charge in [0, 0.05) is 22.1 Å². The Kier molecular flexibility index (Phi) is 9.18. The van der Waals surface area contributed by atoms with E-state index < -0.39 is 6.04 Å². The molecule has 0 aliphatic rings. The normalized spacial score (nSPS) is 12.7. The van der Waals surface area contributed by atoms with Crippen molar-refractivity contribution in [2.45, 2.75) is 52.7 Å². The highest BCUT2D eigenvalue weighted by molar-refractivity contribution is 9.10. The molecule has 0 spiro atoms. The molecule has 2 amide bonds. The molecule has 0 saturated carbocycles. The van der Waals surface area contributed by atoms with Crippen molar-refractivity contribution in [3.63, 3.8) is 0 Å². The number of carbonyl (C=O) groups is 2. The summed E-state index contributed by atoms with van der Waals surface area (Å²) in [4.78, 5) is 27.2. The van der Waals surface area contributed by atoms with E-state index in [-0.39, 0.29) is 31.0 Å². The second kappa shape index (κ2) is 11.4. The summed E-state index contributed by atoms with van der Waals surface area (Å²) >= 11 is 9.42. The predicted molar refractivity (Wildman–Crippen MR) is 124 cm³/mol. The van der Waals surface area contributed by atoms with E-state index in [1.807, 2.05) is 45.0 Å². The van der Waals surface area contributed by atoms with Crippen LogP contribution >= 0.6 is 27.5 Å². The number of rotatable bonds is 9. The third-order valence-electron chi connectivity index (χ3n) is 4.93. The van der Waals surface area contributed by atoms with Crippen LogP contribution in [-0.4, -0.2) is 35.4 Å². The van der Waals surface area contributed by atoms with Gasteiger partial charge in [-0.25, -0.2) is 0 Å². The molecule has 0 saturated heterocycles. The Labute approximate surface area is 191 Å². The van der Waals surface area contributed by atoms with Gasteiger partial charge in [0.2, 0.25) is 5.91 Å². The second-order valence-corrected chi connectivity index (χ2v) is 8.63. The third-order valence-corrected chi connectivity index (χ3v) is 6.07. The van der Waals surface area contributed by atoms with Crippen molar-refractivity contribution in [1.82, 2.24) is 10.2 Å². The van der Waals surface area contributed by atoms with Crippen molar-refractivity contribution < 1.29 is 14.3 Å². The molecule has 0 heterocycles. The minimum Gasteiger partial charge on any atom is -0.484 e. The molecule has 0 radical (unpaired) electrons. The van der Waals surface area contributed by atoms with Crippen LogP contribution in [0.4, 0.5) is 0 Å². The number of nitrogens with zero attached hydrogens (tertiary/aromatic N) is 1. The lowest BCUT2D eigenvalue weighted by molar-refractivity contribution is -0.142. The molecule has 2 aromatic rings. The summed E-state index contributed by atoms with van der Waals surface area (Å²) < 4.78 is 6.68. The van der Waals surface area contributed by atoms with Crippen molar-refractivity contribution in [1.29, 1.82) is 0 Å². The molecule has 30 heavy (non-hydrogen) atoms. The first-order valence-electron chi connectivity index (χ1n) is 9.94. The van der Waals surface area contributed by atoms with Crippen molar-refractivity contribution >= 4 is 39.3 Å². The number of carbonyl (C=O) groups excluding carboxylic acids is 2. The van der Waals surface area contributed by atoms with E-state index in [9.17, 15) is 9.59 Å². The van der Waals surface area contributed by atoms with E-state index in [0.717, 1.165) is 22.0 Å². The first kappa shape index (κ1) is 24.2. The molecule has 0 aromatic heterocycles. The van der Waals surface area contributed by atoms with E-state index in [2.05, 4.69) is 21.2 Å². The van der Waals surface area contributed by atoms with Crippen LogP contribution in [0.3, 0.4) is 0 Å². The summed E-state index contributed by atoms with van der Waals surface area (Å²) in [5, 5.41) is 3.57. The summed E-state index contributed by atoms with van der Waals surface area (Å²) in [6.07, 6.45) is 0.815. The molecule has 162 valence electrons. The molecule has 0 fully saturated rings. The molecule has 7 heteroatoms. The SMILES string of the molecule is CC[C@@H](C)NC(=O)[C@@H](C)N(Cc1ccc(Cl)cc1)C(=O)COc1ccc(Br)c(C)c1. The summed E-state index contributed by atoms with van der Waals surface area (Å²) in [6, 6.07) is 12.2. The smallest absolute Gasteiger partial charge is 0.261 e. The molecular formula is C23H28BrClN2O3. The van der Waals surface area contributed by atoms with Crippen molar-refractivity contribution in [2.24, 2.45) is 0 Å². The molecule has 2 rings (SSSR count). The standard InChI is InChI=1S/C23H28BrClN2O3/c1-5-16(3)26-23(29)17(4)27(13-18-6-8-19(25)9-7-18)22(28)14-30-20-10-11-21(24)15(2)12-20/h6-12,16-17H,5,13-14H2,1-4H3,(H,26,29)/t16-,17-/m1/s1. The lowest BCUT2D eigenvalue weighted by atomic mass is 10.1. The number of ether oxygens (including phenoxy) is 1. The van der Waals surface area contributed by atoms with Gasteiger partial charge >= 0.3 is 0 Å². The van der Waals surface area contributed by atoms with E-state index in [1.54, 1.807) is 25.1 Å². The predicted octanol–water partition coefficient (Wildman–Crippen LogP) is 5.12. The Morgan fingerprint density at radius 2 is 1.83 bits per heavy atom. The van der Waals surface area contributed by atoms with Crippen molar-refractivity contribution in [3.05, 3.63) is 63.1 Å². The van der Waals surface area contributed by atoms with Crippen LogP contribution in [0.1, 0.15) is 38.3 Å². The van der Waals surface area contributed by atoms with Crippen LogP contribution in [0.15, 0.2) is 46.9 Å². The van der Waals surface area contributed by atoms with Crippen LogP contribution in [0, 0.1) is 6.92 Å². The molecule has 2 atom stereocenters. The Morgan fingerprint density at radius 3 is 2.43 bits per heavy atom. The number of halogens is 2. The molecule has 0 unspecified atom stereocenters.